The second kappa shape index (κ2) is 7.43. The number of nitrogens with zero attached hydrogens (tertiary/aromatic N) is 1. The third kappa shape index (κ3) is 3.70. The Labute approximate surface area is 180 Å². The summed E-state index contributed by atoms with van der Waals surface area (Å²) in [5.74, 6) is -0.439. The van der Waals surface area contributed by atoms with Crippen molar-refractivity contribution in [1.82, 2.24) is 4.57 Å². The third-order valence-corrected chi connectivity index (χ3v) is 7.57. The van der Waals surface area contributed by atoms with Crippen molar-refractivity contribution < 1.29 is 22.7 Å². The molecule has 2 aromatic rings. The molecule has 1 saturated carbocycles. The van der Waals surface area contributed by atoms with Gasteiger partial charge in [-0.1, -0.05) is 0 Å². The highest BCUT2D eigenvalue weighted by molar-refractivity contribution is 14.1. The van der Waals surface area contributed by atoms with Crippen molar-refractivity contribution in [3.05, 3.63) is 43.5 Å². The summed E-state index contributed by atoms with van der Waals surface area (Å²) in [6.07, 6.45) is -0.366. The Balaban J connectivity index is 1.81. The SMILES string of the molecule is Cc1c(Nc2ccc(I)cc2F)c(NS(=O)(=O)C2CC(O)C2)c2n(c1=O)CCO2. The molecule has 0 saturated heterocycles. The van der Waals surface area contributed by atoms with Crippen molar-refractivity contribution in [3.8, 4) is 5.88 Å². The number of aromatic nitrogens is 1. The molecule has 3 N–H and O–H groups in total. The Morgan fingerprint density at radius 2 is 2.03 bits per heavy atom. The molecule has 2 aliphatic rings. The topological polar surface area (TPSA) is 110 Å². The number of anilines is 3. The Bertz CT molecular complexity index is 1150. The van der Waals surface area contributed by atoms with Crippen LogP contribution in [0.2, 0.25) is 0 Å². The summed E-state index contributed by atoms with van der Waals surface area (Å²) in [5.41, 5.74) is 0.220. The molecule has 29 heavy (non-hydrogen) atoms. The van der Waals surface area contributed by atoms with Gasteiger partial charge >= 0.3 is 0 Å². The van der Waals surface area contributed by atoms with E-state index in [2.05, 4.69) is 10.0 Å². The summed E-state index contributed by atoms with van der Waals surface area (Å²) in [5, 5.41) is 11.6. The maximum atomic E-state index is 14.4. The van der Waals surface area contributed by atoms with Crippen molar-refractivity contribution in [2.75, 3.05) is 16.6 Å². The lowest BCUT2D eigenvalue weighted by Gasteiger charge is -2.31. The second-order valence-electron chi connectivity index (χ2n) is 7.13. The Hall–Kier alpha value is -1.86. The summed E-state index contributed by atoms with van der Waals surface area (Å²) in [4.78, 5) is 12.7. The molecule has 0 bridgehead atoms. The quantitative estimate of drug-likeness (QED) is 0.508. The van der Waals surface area contributed by atoms with Crippen LogP contribution in [-0.4, -0.2) is 36.1 Å². The van der Waals surface area contributed by atoms with Crippen molar-refractivity contribution in [3.63, 3.8) is 0 Å². The second-order valence-corrected chi connectivity index (χ2v) is 10.3. The fourth-order valence-corrected chi connectivity index (χ4v) is 5.46. The zero-order valence-corrected chi connectivity index (χ0v) is 18.4. The van der Waals surface area contributed by atoms with E-state index in [0.717, 1.165) is 0 Å². The van der Waals surface area contributed by atoms with Gasteiger partial charge in [0.15, 0.2) is 0 Å². The van der Waals surface area contributed by atoms with Crippen molar-refractivity contribution in [1.29, 1.82) is 0 Å². The van der Waals surface area contributed by atoms with E-state index < -0.39 is 27.2 Å². The van der Waals surface area contributed by atoms with Crippen LogP contribution >= 0.6 is 22.6 Å². The lowest BCUT2D eigenvalue weighted by atomic mass is 9.96. The van der Waals surface area contributed by atoms with Crippen LogP contribution in [0.5, 0.6) is 5.88 Å². The van der Waals surface area contributed by atoms with E-state index in [1.54, 1.807) is 13.0 Å². The third-order valence-electron chi connectivity index (χ3n) is 5.15. The Kier molecular flexibility index (Phi) is 5.23. The highest BCUT2D eigenvalue weighted by atomic mass is 127. The first-order chi connectivity index (χ1) is 13.7. The predicted octanol–water partition coefficient (Wildman–Crippen LogP) is 2.30. The highest BCUT2D eigenvalue weighted by Gasteiger charge is 2.39. The zero-order valence-electron chi connectivity index (χ0n) is 15.4. The number of pyridine rings is 1. The molecule has 1 aliphatic heterocycles. The Morgan fingerprint density at radius 3 is 2.69 bits per heavy atom. The van der Waals surface area contributed by atoms with E-state index >= 15 is 0 Å². The average Bonchev–Trinajstić information content (AvgIpc) is 3.11. The van der Waals surface area contributed by atoms with Gasteiger partial charge in [0.2, 0.25) is 15.9 Å². The maximum Gasteiger partial charge on any atom is 0.258 e. The van der Waals surface area contributed by atoms with Gasteiger partial charge in [0, 0.05) is 9.13 Å². The smallest absolute Gasteiger partial charge is 0.258 e. The number of hydrogen-bond donors (Lipinski definition) is 3. The summed E-state index contributed by atoms with van der Waals surface area (Å²) < 4.78 is 50.1. The molecule has 1 aromatic heterocycles. The molecule has 0 radical (unpaired) electrons. The van der Waals surface area contributed by atoms with Crippen molar-refractivity contribution >= 4 is 49.7 Å². The van der Waals surface area contributed by atoms with Crippen LogP contribution in [0, 0.1) is 16.3 Å². The minimum atomic E-state index is -3.83. The first-order valence-electron chi connectivity index (χ1n) is 8.99. The van der Waals surface area contributed by atoms with Gasteiger partial charge in [0.25, 0.3) is 5.56 Å². The lowest BCUT2D eigenvalue weighted by Crippen LogP contribution is -2.42. The van der Waals surface area contributed by atoms with Crippen LogP contribution in [0.3, 0.4) is 0 Å². The number of nitrogens with one attached hydrogen (secondary N) is 2. The summed E-state index contributed by atoms with van der Waals surface area (Å²) in [7, 11) is -3.83. The molecule has 4 rings (SSSR count). The summed E-state index contributed by atoms with van der Waals surface area (Å²) >= 11 is 1.98. The molecule has 0 unspecified atom stereocenters. The van der Waals surface area contributed by atoms with Gasteiger partial charge in [-0.05, 0) is 60.6 Å². The fourth-order valence-electron chi connectivity index (χ4n) is 3.41. The summed E-state index contributed by atoms with van der Waals surface area (Å²) in [6.45, 7) is 2.07. The fraction of sp³-hybridized carbons (Fsp3) is 0.389. The number of hydrogen-bond acceptors (Lipinski definition) is 6. The van der Waals surface area contributed by atoms with Gasteiger partial charge in [-0.25, -0.2) is 12.8 Å². The first-order valence-corrected chi connectivity index (χ1v) is 11.6. The van der Waals surface area contributed by atoms with E-state index in [0.29, 0.717) is 10.1 Å². The largest absolute Gasteiger partial charge is 0.475 e. The Morgan fingerprint density at radius 1 is 1.31 bits per heavy atom. The van der Waals surface area contributed by atoms with Crippen LogP contribution in [0.15, 0.2) is 23.0 Å². The van der Waals surface area contributed by atoms with Gasteiger partial charge in [-0.2, -0.15) is 0 Å². The van der Waals surface area contributed by atoms with Gasteiger partial charge in [0.1, 0.15) is 18.1 Å². The number of aliphatic hydroxyl groups excluding tert-OH is 1. The zero-order chi connectivity index (χ0) is 20.9. The summed E-state index contributed by atoms with van der Waals surface area (Å²) in [6, 6.07) is 4.54. The van der Waals surface area contributed by atoms with Gasteiger partial charge in [-0.3, -0.25) is 14.1 Å². The van der Waals surface area contributed by atoms with Crippen molar-refractivity contribution in [2.24, 2.45) is 0 Å². The van der Waals surface area contributed by atoms with Crippen LogP contribution < -0.4 is 20.3 Å². The average molecular weight is 535 g/mol. The molecular weight excluding hydrogens is 516 g/mol. The van der Waals surface area contributed by atoms with Gasteiger partial charge in [0.05, 0.1) is 29.3 Å². The number of halogens is 2. The molecular formula is C18H19FIN3O5S. The molecule has 0 spiro atoms. The predicted molar refractivity (Wildman–Crippen MR) is 115 cm³/mol. The minimum Gasteiger partial charge on any atom is -0.475 e. The number of rotatable bonds is 5. The van der Waals surface area contributed by atoms with E-state index in [9.17, 15) is 22.7 Å². The van der Waals surface area contributed by atoms with E-state index in [-0.39, 0.29) is 53.5 Å². The van der Waals surface area contributed by atoms with Gasteiger partial charge < -0.3 is 15.2 Å². The molecule has 0 atom stereocenters. The standard InChI is InChI=1S/C18H19FIN3O5S/c1-9-15(21-14-3-2-10(20)6-13(14)19)16(18-23(17(9)25)4-5-28-18)22-29(26,27)12-7-11(24)8-12/h2-3,6,11-12,21-22,24H,4-5,7-8H2,1H3. The van der Waals surface area contributed by atoms with Crippen LogP contribution in [0.4, 0.5) is 21.5 Å². The first kappa shape index (κ1) is 20.4. The van der Waals surface area contributed by atoms with Crippen molar-refractivity contribution in [2.45, 2.75) is 37.7 Å². The number of sulfonamides is 1. The van der Waals surface area contributed by atoms with Crippen LogP contribution in [0.25, 0.3) is 0 Å². The lowest BCUT2D eigenvalue weighted by molar-refractivity contribution is 0.0979. The van der Waals surface area contributed by atoms with Crippen LogP contribution in [-0.2, 0) is 16.6 Å². The van der Waals surface area contributed by atoms with Crippen LogP contribution in [0.1, 0.15) is 18.4 Å². The molecule has 0 amide bonds. The number of benzene rings is 1. The van der Waals surface area contributed by atoms with E-state index in [4.69, 9.17) is 4.74 Å². The molecule has 156 valence electrons. The van der Waals surface area contributed by atoms with E-state index in [1.165, 1.54) is 16.7 Å². The maximum absolute atomic E-state index is 14.4. The molecule has 1 aromatic carbocycles. The van der Waals surface area contributed by atoms with E-state index in [1.807, 2.05) is 22.6 Å². The molecule has 1 fully saturated rings. The molecule has 1 aliphatic carbocycles. The monoisotopic (exact) mass is 535 g/mol. The highest BCUT2D eigenvalue weighted by Crippen LogP contribution is 2.40. The van der Waals surface area contributed by atoms with Gasteiger partial charge in [-0.15, -0.1) is 0 Å². The number of aliphatic hydroxyl groups is 1. The molecule has 8 nitrogen and oxygen atoms in total. The number of ether oxygens (including phenoxy) is 1. The number of fused-ring (bicyclic) bond motifs is 1. The molecule has 2 heterocycles. The molecule has 11 heteroatoms. The normalized spacial score (nSPS) is 20.6. The minimum absolute atomic E-state index is 0.0685.